The monoisotopic (exact) mass is 592 g/mol. The van der Waals surface area contributed by atoms with Gasteiger partial charge >= 0.3 is 0 Å². The van der Waals surface area contributed by atoms with Crippen LogP contribution in [0.2, 0.25) is 0 Å². The summed E-state index contributed by atoms with van der Waals surface area (Å²) >= 11 is 0. The number of benzene rings is 4. The Hall–Kier alpha value is -5.48. The maximum Gasteiger partial charge on any atom is 0.0964 e. The van der Waals surface area contributed by atoms with Crippen molar-refractivity contribution in [3.63, 3.8) is 0 Å². The molecular weight excluding hydrogens is 560 g/mol. The van der Waals surface area contributed by atoms with Gasteiger partial charge in [0.15, 0.2) is 0 Å². The van der Waals surface area contributed by atoms with Gasteiger partial charge in [-0.2, -0.15) is 0 Å². The maximum atomic E-state index is 4.90. The first-order chi connectivity index (χ1) is 22.3. The van der Waals surface area contributed by atoms with E-state index in [4.69, 9.17) is 9.97 Å². The first-order valence-corrected chi connectivity index (χ1v) is 15.9. The van der Waals surface area contributed by atoms with Crippen LogP contribution in [0.15, 0.2) is 122 Å². The van der Waals surface area contributed by atoms with E-state index in [0.717, 1.165) is 54.7 Å². The van der Waals surface area contributed by atoms with E-state index in [2.05, 4.69) is 123 Å². The minimum Gasteiger partial charge on any atom is -0.254 e. The lowest BCUT2D eigenvalue weighted by molar-refractivity contribution is 0.521. The van der Waals surface area contributed by atoms with Crippen LogP contribution >= 0.6 is 0 Å². The molecule has 0 N–H and O–H groups in total. The van der Waals surface area contributed by atoms with Crippen LogP contribution in [-0.2, 0) is 10.8 Å². The maximum absolute atomic E-state index is 4.90. The van der Waals surface area contributed by atoms with E-state index >= 15 is 0 Å². The molecule has 9 rings (SSSR count). The van der Waals surface area contributed by atoms with Crippen molar-refractivity contribution in [1.29, 1.82) is 0 Å². The largest absolute Gasteiger partial charge is 0.254 e. The molecule has 220 valence electrons. The summed E-state index contributed by atoms with van der Waals surface area (Å²) in [5.41, 5.74) is 13.5. The van der Waals surface area contributed by atoms with Crippen LogP contribution in [0.5, 0.6) is 0 Å². The van der Waals surface area contributed by atoms with Gasteiger partial charge < -0.3 is 0 Å². The zero-order chi connectivity index (χ0) is 31.2. The molecule has 4 aromatic carbocycles. The Morgan fingerprint density at radius 1 is 0.370 bits per heavy atom. The highest BCUT2D eigenvalue weighted by Gasteiger charge is 2.41. The van der Waals surface area contributed by atoms with E-state index in [1.807, 2.05) is 36.9 Å². The van der Waals surface area contributed by atoms with Crippen molar-refractivity contribution < 1.29 is 0 Å². The molecule has 4 heterocycles. The van der Waals surface area contributed by atoms with Crippen LogP contribution < -0.4 is 0 Å². The predicted molar refractivity (Wildman–Crippen MR) is 189 cm³/mol. The van der Waals surface area contributed by atoms with Gasteiger partial charge in [-0.15, -0.1) is 0 Å². The summed E-state index contributed by atoms with van der Waals surface area (Å²) in [7, 11) is 0. The fourth-order valence-corrected chi connectivity index (χ4v) is 7.65. The molecule has 1 aliphatic rings. The Morgan fingerprint density at radius 3 is 1.24 bits per heavy atom. The number of pyridine rings is 4. The van der Waals surface area contributed by atoms with Crippen LogP contribution in [0.4, 0.5) is 0 Å². The molecule has 1 aliphatic carbocycles. The summed E-state index contributed by atoms with van der Waals surface area (Å²) in [6, 6.07) is 35.2. The first kappa shape index (κ1) is 26.9. The number of rotatable bonds is 2. The molecule has 0 radical (unpaired) electrons. The molecule has 0 atom stereocenters. The van der Waals surface area contributed by atoms with E-state index in [1.54, 1.807) is 0 Å². The lowest BCUT2D eigenvalue weighted by Gasteiger charge is -2.44. The summed E-state index contributed by atoms with van der Waals surface area (Å²) in [5.74, 6) is 0. The van der Waals surface area contributed by atoms with Crippen molar-refractivity contribution in [2.75, 3.05) is 0 Å². The Kier molecular flexibility index (Phi) is 5.56. The predicted octanol–water partition coefficient (Wildman–Crippen LogP) is 10.2. The number of fused-ring (bicyclic) bond motifs is 8. The molecule has 4 aromatic heterocycles. The fraction of sp³-hybridized carbons (Fsp3) is 0.143. The van der Waals surface area contributed by atoms with Gasteiger partial charge in [-0.05, 0) is 69.8 Å². The molecule has 46 heavy (non-hydrogen) atoms. The normalized spacial score (nSPS) is 14.9. The molecule has 0 saturated heterocycles. The van der Waals surface area contributed by atoms with Crippen LogP contribution in [-0.4, -0.2) is 19.9 Å². The Morgan fingerprint density at radius 2 is 0.783 bits per heavy atom. The Balaban J connectivity index is 1.13. The number of aromatic nitrogens is 4. The van der Waals surface area contributed by atoms with Crippen LogP contribution in [0.25, 0.3) is 65.9 Å². The minimum atomic E-state index is -0.175. The molecule has 0 amide bonds. The molecule has 0 fully saturated rings. The van der Waals surface area contributed by atoms with Crippen LogP contribution in [0, 0.1) is 0 Å². The second-order valence-corrected chi connectivity index (χ2v) is 13.6. The molecule has 0 saturated carbocycles. The van der Waals surface area contributed by atoms with Crippen LogP contribution in [0.1, 0.15) is 49.9 Å². The zero-order valence-electron chi connectivity index (χ0n) is 26.3. The molecule has 0 unspecified atom stereocenters. The van der Waals surface area contributed by atoms with Crippen molar-refractivity contribution in [2.45, 2.75) is 38.5 Å². The first-order valence-electron chi connectivity index (χ1n) is 15.9. The standard InChI is InChI=1S/C42H32N4/c1-41(2)33-15-13-28(32-20-30-12-10-26-8-6-18-44-38(26)40(30)46-24-32)22-36(33)42(3,4)34-16-14-27(21-35(34)41)31-19-29-11-9-25-7-5-17-43-37(25)39(29)45-23-31/h5-24H,1-4H3. The third kappa shape index (κ3) is 3.86. The fourth-order valence-electron chi connectivity index (χ4n) is 7.65. The lowest BCUT2D eigenvalue weighted by Crippen LogP contribution is -2.36. The summed E-state index contributed by atoms with van der Waals surface area (Å²) < 4.78 is 0. The molecule has 4 heteroatoms. The third-order valence-electron chi connectivity index (χ3n) is 10.2. The molecule has 0 aliphatic heterocycles. The Bertz CT molecular complexity index is 2370. The highest BCUT2D eigenvalue weighted by atomic mass is 14.7. The number of hydrogen-bond donors (Lipinski definition) is 0. The van der Waals surface area contributed by atoms with Gasteiger partial charge in [-0.25, -0.2) is 0 Å². The van der Waals surface area contributed by atoms with E-state index < -0.39 is 0 Å². The summed E-state index contributed by atoms with van der Waals surface area (Å²) in [5, 5.41) is 4.42. The van der Waals surface area contributed by atoms with Gasteiger partial charge in [0.1, 0.15) is 0 Å². The summed E-state index contributed by atoms with van der Waals surface area (Å²) in [6.45, 7) is 9.43. The molecule has 0 spiro atoms. The van der Waals surface area contributed by atoms with E-state index in [-0.39, 0.29) is 10.8 Å². The Labute approximate surface area is 267 Å². The van der Waals surface area contributed by atoms with Gasteiger partial charge in [0, 0.05) is 68.3 Å². The lowest BCUT2D eigenvalue weighted by atomic mass is 9.59. The zero-order valence-corrected chi connectivity index (χ0v) is 26.3. The third-order valence-corrected chi connectivity index (χ3v) is 10.2. The van der Waals surface area contributed by atoms with Crippen molar-refractivity contribution in [1.82, 2.24) is 19.9 Å². The summed E-state index contributed by atoms with van der Waals surface area (Å²) in [6.07, 6.45) is 7.67. The summed E-state index contributed by atoms with van der Waals surface area (Å²) in [4.78, 5) is 19.0. The van der Waals surface area contributed by atoms with Crippen molar-refractivity contribution in [3.05, 3.63) is 144 Å². The van der Waals surface area contributed by atoms with Crippen molar-refractivity contribution >= 4 is 43.6 Å². The second kappa shape index (κ2) is 9.51. The van der Waals surface area contributed by atoms with Gasteiger partial charge in [0.05, 0.1) is 22.1 Å². The highest BCUT2D eigenvalue weighted by molar-refractivity contribution is 6.04. The van der Waals surface area contributed by atoms with Crippen LogP contribution in [0.3, 0.4) is 0 Å². The van der Waals surface area contributed by atoms with Gasteiger partial charge in [-0.1, -0.05) is 88.4 Å². The smallest absolute Gasteiger partial charge is 0.0964 e. The SMILES string of the molecule is CC1(C)c2ccc(-c3cnc4c(ccc5cccnc54)c3)cc2C(C)(C)c2ccc(-c3cnc4c(ccc5cccnc54)c3)cc21. The topological polar surface area (TPSA) is 51.6 Å². The van der Waals surface area contributed by atoms with E-state index in [1.165, 1.54) is 33.4 Å². The van der Waals surface area contributed by atoms with E-state index in [9.17, 15) is 0 Å². The number of hydrogen-bond acceptors (Lipinski definition) is 4. The minimum absolute atomic E-state index is 0.175. The highest BCUT2D eigenvalue weighted by Crippen LogP contribution is 2.51. The molecule has 4 nitrogen and oxygen atoms in total. The molecular formula is C42H32N4. The average molecular weight is 593 g/mol. The van der Waals surface area contributed by atoms with Gasteiger partial charge in [-0.3, -0.25) is 19.9 Å². The van der Waals surface area contributed by atoms with Gasteiger partial charge in [0.2, 0.25) is 0 Å². The molecule has 8 aromatic rings. The van der Waals surface area contributed by atoms with Crippen molar-refractivity contribution in [3.8, 4) is 22.3 Å². The number of nitrogens with zero attached hydrogens (tertiary/aromatic N) is 4. The quantitative estimate of drug-likeness (QED) is 0.187. The van der Waals surface area contributed by atoms with Gasteiger partial charge in [0.25, 0.3) is 0 Å². The second-order valence-electron chi connectivity index (χ2n) is 13.6. The van der Waals surface area contributed by atoms with E-state index in [0.29, 0.717) is 0 Å². The molecule has 0 bridgehead atoms. The van der Waals surface area contributed by atoms with Crippen molar-refractivity contribution in [2.24, 2.45) is 0 Å². The average Bonchev–Trinajstić information content (AvgIpc) is 3.10.